The molecular weight excluding hydrogens is 264 g/mol. The Labute approximate surface area is 124 Å². The molecule has 0 amide bonds. The summed E-state index contributed by atoms with van der Waals surface area (Å²) in [6.45, 7) is 1.74. The van der Waals surface area contributed by atoms with E-state index in [1.54, 1.807) is 6.92 Å². The zero-order valence-corrected chi connectivity index (χ0v) is 12.4. The van der Waals surface area contributed by atoms with Crippen LogP contribution in [0.5, 0.6) is 0 Å². The van der Waals surface area contributed by atoms with Gasteiger partial charge in [0.05, 0.1) is 17.1 Å². The molecule has 0 aliphatic heterocycles. The van der Waals surface area contributed by atoms with Gasteiger partial charge < -0.3 is 10.1 Å². The molecule has 2 aromatic rings. The molecular formula is C16H18N4O. The number of nitrogens with zero attached hydrogens (tertiary/aromatic N) is 4. The lowest BCUT2D eigenvalue weighted by molar-refractivity contribution is 0.319. The highest BCUT2D eigenvalue weighted by molar-refractivity contribution is 5.98. The SMILES string of the molecule is C/C(=N/O)c1ccc(N=Nc2ccc(N(C)C)cc2)cc1. The zero-order valence-electron chi connectivity index (χ0n) is 12.4. The van der Waals surface area contributed by atoms with Crippen molar-refractivity contribution in [3.05, 3.63) is 54.1 Å². The van der Waals surface area contributed by atoms with E-state index in [0.717, 1.165) is 22.6 Å². The van der Waals surface area contributed by atoms with Crippen molar-refractivity contribution < 1.29 is 5.21 Å². The van der Waals surface area contributed by atoms with Gasteiger partial charge in [-0.1, -0.05) is 17.3 Å². The number of azo groups is 1. The molecule has 0 spiro atoms. The molecule has 0 unspecified atom stereocenters. The Balaban J connectivity index is 2.10. The number of oxime groups is 1. The number of benzene rings is 2. The lowest BCUT2D eigenvalue weighted by Crippen LogP contribution is -2.07. The molecule has 2 aromatic carbocycles. The maximum absolute atomic E-state index is 8.71. The Morgan fingerprint density at radius 3 is 1.76 bits per heavy atom. The second kappa shape index (κ2) is 6.65. The van der Waals surface area contributed by atoms with Crippen molar-refractivity contribution in [3.8, 4) is 0 Å². The third-order valence-corrected chi connectivity index (χ3v) is 3.08. The van der Waals surface area contributed by atoms with E-state index in [0.29, 0.717) is 5.71 Å². The van der Waals surface area contributed by atoms with Gasteiger partial charge in [-0.2, -0.15) is 10.2 Å². The highest BCUT2D eigenvalue weighted by Gasteiger charge is 1.98. The largest absolute Gasteiger partial charge is 0.411 e. The number of rotatable bonds is 4. The fraction of sp³-hybridized carbons (Fsp3) is 0.188. The first-order valence-electron chi connectivity index (χ1n) is 6.58. The molecule has 1 N–H and O–H groups in total. The molecule has 0 bridgehead atoms. The summed E-state index contributed by atoms with van der Waals surface area (Å²) in [5, 5.41) is 20.3. The topological polar surface area (TPSA) is 60.6 Å². The van der Waals surface area contributed by atoms with Crippen LogP contribution in [0.15, 0.2) is 63.9 Å². The summed E-state index contributed by atoms with van der Waals surface area (Å²) in [6, 6.07) is 15.2. The predicted molar refractivity (Wildman–Crippen MR) is 85.4 cm³/mol. The summed E-state index contributed by atoms with van der Waals surface area (Å²) in [6.07, 6.45) is 0. The molecule has 2 rings (SSSR count). The van der Waals surface area contributed by atoms with Crippen LogP contribution in [0.4, 0.5) is 17.1 Å². The van der Waals surface area contributed by atoms with Gasteiger partial charge in [-0.15, -0.1) is 0 Å². The van der Waals surface area contributed by atoms with Crippen LogP contribution in [0.1, 0.15) is 12.5 Å². The van der Waals surface area contributed by atoms with E-state index in [2.05, 4.69) is 15.4 Å². The maximum Gasteiger partial charge on any atom is 0.0858 e. The molecule has 0 saturated heterocycles. The Hall–Kier alpha value is -2.69. The van der Waals surface area contributed by atoms with Crippen molar-refractivity contribution in [3.63, 3.8) is 0 Å². The summed E-state index contributed by atoms with van der Waals surface area (Å²) in [7, 11) is 3.99. The second-order valence-electron chi connectivity index (χ2n) is 4.84. The van der Waals surface area contributed by atoms with Gasteiger partial charge in [0.1, 0.15) is 0 Å². The number of anilines is 1. The van der Waals surface area contributed by atoms with Crippen LogP contribution in [0.2, 0.25) is 0 Å². The average Bonchev–Trinajstić information content (AvgIpc) is 2.53. The highest BCUT2D eigenvalue weighted by Crippen LogP contribution is 2.21. The monoisotopic (exact) mass is 282 g/mol. The summed E-state index contributed by atoms with van der Waals surface area (Å²) < 4.78 is 0. The van der Waals surface area contributed by atoms with Gasteiger partial charge in [-0.25, -0.2) is 0 Å². The fourth-order valence-corrected chi connectivity index (χ4v) is 1.76. The predicted octanol–water partition coefficient (Wildman–Crippen LogP) is 4.37. The molecule has 108 valence electrons. The van der Waals surface area contributed by atoms with Gasteiger partial charge in [0.2, 0.25) is 0 Å². The van der Waals surface area contributed by atoms with E-state index in [9.17, 15) is 0 Å². The van der Waals surface area contributed by atoms with Crippen LogP contribution in [0, 0.1) is 0 Å². The molecule has 0 aliphatic rings. The van der Waals surface area contributed by atoms with Crippen LogP contribution in [0.25, 0.3) is 0 Å². The average molecular weight is 282 g/mol. The molecule has 5 heteroatoms. The smallest absolute Gasteiger partial charge is 0.0858 e. The molecule has 0 heterocycles. The van der Waals surface area contributed by atoms with Gasteiger partial charge in [-0.05, 0) is 48.9 Å². The zero-order chi connectivity index (χ0) is 15.2. The molecule has 0 saturated carbocycles. The molecule has 0 radical (unpaired) electrons. The summed E-state index contributed by atoms with van der Waals surface area (Å²) >= 11 is 0. The van der Waals surface area contributed by atoms with Crippen molar-refractivity contribution in [2.45, 2.75) is 6.92 Å². The summed E-state index contributed by atoms with van der Waals surface area (Å²) in [5.74, 6) is 0. The van der Waals surface area contributed by atoms with E-state index in [4.69, 9.17) is 5.21 Å². The van der Waals surface area contributed by atoms with E-state index < -0.39 is 0 Å². The van der Waals surface area contributed by atoms with Crippen LogP contribution in [0.3, 0.4) is 0 Å². The van der Waals surface area contributed by atoms with E-state index in [1.165, 1.54) is 0 Å². The molecule has 0 aromatic heterocycles. The third kappa shape index (κ3) is 3.89. The standard InChI is InChI=1S/C16H18N4O/c1-12(19-21)13-4-6-14(7-5-13)17-18-15-8-10-16(11-9-15)20(2)3/h4-11,21H,1-3H3/b18-17?,19-12-. The number of hydrogen-bond donors (Lipinski definition) is 1. The minimum absolute atomic E-state index is 0.567. The van der Waals surface area contributed by atoms with Crippen molar-refractivity contribution in [2.24, 2.45) is 15.4 Å². The third-order valence-electron chi connectivity index (χ3n) is 3.08. The van der Waals surface area contributed by atoms with Gasteiger partial charge in [0.15, 0.2) is 0 Å². The molecule has 21 heavy (non-hydrogen) atoms. The molecule has 5 nitrogen and oxygen atoms in total. The summed E-state index contributed by atoms with van der Waals surface area (Å²) in [5.41, 5.74) is 4.10. The van der Waals surface area contributed by atoms with E-state index in [1.807, 2.05) is 67.5 Å². The van der Waals surface area contributed by atoms with E-state index in [-0.39, 0.29) is 0 Å². The van der Waals surface area contributed by atoms with Crippen LogP contribution >= 0.6 is 0 Å². The highest BCUT2D eigenvalue weighted by atomic mass is 16.4. The van der Waals surface area contributed by atoms with Gasteiger partial charge >= 0.3 is 0 Å². The second-order valence-corrected chi connectivity index (χ2v) is 4.84. The minimum Gasteiger partial charge on any atom is -0.411 e. The van der Waals surface area contributed by atoms with Gasteiger partial charge in [0, 0.05) is 19.8 Å². The minimum atomic E-state index is 0.567. The Bertz CT molecular complexity index is 643. The Morgan fingerprint density at radius 2 is 1.33 bits per heavy atom. The maximum atomic E-state index is 8.71. The first-order valence-corrected chi connectivity index (χ1v) is 6.58. The van der Waals surface area contributed by atoms with Gasteiger partial charge in [-0.3, -0.25) is 0 Å². The van der Waals surface area contributed by atoms with Crippen molar-refractivity contribution in [1.82, 2.24) is 0 Å². The van der Waals surface area contributed by atoms with Crippen molar-refractivity contribution >= 4 is 22.8 Å². The van der Waals surface area contributed by atoms with E-state index >= 15 is 0 Å². The quantitative estimate of drug-likeness (QED) is 0.392. The Kier molecular flexibility index (Phi) is 4.66. The molecule has 0 atom stereocenters. The van der Waals surface area contributed by atoms with Crippen molar-refractivity contribution in [1.29, 1.82) is 0 Å². The normalized spacial score (nSPS) is 11.9. The van der Waals surface area contributed by atoms with Crippen LogP contribution in [-0.2, 0) is 0 Å². The lowest BCUT2D eigenvalue weighted by Gasteiger charge is -2.11. The molecule has 0 fully saturated rings. The lowest BCUT2D eigenvalue weighted by atomic mass is 10.1. The fourth-order valence-electron chi connectivity index (χ4n) is 1.76. The molecule has 0 aliphatic carbocycles. The van der Waals surface area contributed by atoms with Crippen LogP contribution in [-0.4, -0.2) is 25.0 Å². The first-order chi connectivity index (χ1) is 10.1. The van der Waals surface area contributed by atoms with Gasteiger partial charge in [0.25, 0.3) is 0 Å². The first kappa shape index (κ1) is 14.7. The van der Waals surface area contributed by atoms with Crippen molar-refractivity contribution in [2.75, 3.05) is 19.0 Å². The Morgan fingerprint density at radius 1 is 0.857 bits per heavy atom. The van der Waals surface area contributed by atoms with Crippen LogP contribution < -0.4 is 4.90 Å². The number of hydrogen-bond acceptors (Lipinski definition) is 5. The summed E-state index contributed by atoms with van der Waals surface area (Å²) in [4.78, 5) is 2.03.